The largest absolute Gasteiger partial charge is 0.479 e. The molecule has 0 saturated carbocycles. The average Bonchev–Trinajstić information content (AvgIpc) is 2.87. The van der Waals surface area contributed by atoms with Gasteiger partial charge in [-0.15, -0.1) is 0 Å². The summed E-state index contributed by atoms with van der Waals surface area (Å²) < 4.78 is 10.8. The number of hydrogen-bond donors (Lipinski definition) is 1. The fraction of sp³-hybridized carbons (Fsp3) is 0.846. The normalized spacial score (nSPS) is 35.4. The third-order valence-electron chi connectivity index (χ3n) is 4.03. The number of carbonyl (C=O) groups excluding carboxylic acids is 1. The van der Waals surface area contributed by atoms with Crippen molar-refractivity contribution in [2.24, 2.45) is 0 Å². The fourth-order valence-corrected chi connectivity index (χ4v) is 2.76. The van der Waals surface area contributed by atoms with Crippen LogP contribution in [0.2, 0.25) is 0 Å². The van der Waals surface area contributed by atoms with Crippen molar-refractivity contribution in [3.05, 3.63) is 0 Å². The number of carboxylic acid groups (broad SMARTS) is 1. The molecule has 0 radical (unpaired) electrons. The molecule has 0 aromatic heterocycles. The second kappa shape index (κ2) is 5.46. The van der Waals surface area contributed by atoms with Gasteiger partial charge < -0.3 is 19.5 Å². The highest BCUT2D eigenvalue weighted by atomic mass is 16.5. The molecule has 1 N–H and O–H groups in total. The first-order valence-corrected chi connectivity index (χ1v) is 6.67. The lowest BCUT2D eigenvalue weighted by molar-refractivity contribution is -0.158. The summed E-state index contributed by atoms with van der Waals surface area (Å²) >= 11 is 0. The Hall–Kier alpha value is -1.14. The molecular formula is C13H21NO5. The number of aliphatic carboxylic acids is 1. The number of methoxy groups -OCH3 is 1. The first-order chi connectivity index (χ1) is 8.95. The zero-order valence-electron chi connectivity index (χ0n) is 11.4. The third kappa shape index (κ3) is 3.06. The molecule has 3 atom stereocenters. The van der Waals surface area contributed by atoms with Gasteiger partial charge in [0, 0.05) is 20.2 Å². The van der Waals surface area contributed by atoms with E-state index in [-0.39, 0.29) is 11.5 Å². The smallest absolute Gasteiger partial charge is 0.332 e. The van der Waals surface area contributed by atoms with Gasteiger partial charge in [-0.05, 0) is 32.6 Å². The summed E-state index contributed by atoms with van der Waals surface area (Å²) in [6, 6.07) is 0. The molecule has 2 fully saturated rings. The van der Waals surface area contributed by atoms with E-state index in [0.717, 1.165) is 12.8 Å². The number of amides is 1. The van der Waals surface area contributed by atoms with Crippen molar-refractivity contribution in [3.63, 3.8) is 0 Å². The molecular weight excluding hydrogens is 250 g/mol. The molecule has 6 nitrogen and oxygen atoms in total. The maximum Gasteiger partial charge on any atom is 0.332 e. The standard InChI is InChI=1S/C13H21NO5/c1-13(18-2)6-3-7-14(8-13)11(15)9-4-5-10(19-9)12(16)17/h9-10H,3-8H2,1-2H3,(H,16,17)/t9-,10+,13?/m0/s1. The van der Waals surface area contributed by atoms with Crippen LogP contribution in [0.5, 0.6) is 0 Å². The summed E-state index contributed by atoms with van der Waals surface area (Å²) in [4.78, 5) is 24.9. The SMILES string of the molecule is COC1(C)CCCN(C(=O)[C@@H]2CC[C@H](C(=O)O)O2)C1. The maximum absolute atomic E-state index is 12.3. The van der Waals surface area contributed by atoms with E-state index in [0.29, 0.717) is 25.9 Å². The van der Waals surface area contributed by atoms with Crippen molar-refractivity contribution in [2.45, 2.75) is 50.4 Å². The molecule has 0 aliphatic carbocycles. The van der Waals surface area contributed by atoms with Gasteiger partial charge in [-0.3, -0.25) is 4.79 Å². The Bertz CT molecular complexity index is 372. The van der Waals surface area contributed by atoms with Crippen LogP contribution in [0.4, 0.5) is 0 Å². The van der Waals surface area contributed by atoms with Gasteiger partial charge in [-0.25, -0.2) is 4.79 Å². The minimum atomic E-state index is -0.990. The van der Waals surface area contributed by atoms with Crippen molar-refractivity contribution >= 4 is 11.9 Å². The minimum Gasteiger partial charge on any atom is -0.479 e. The summed E-state index contributed by atoms with van der Waals surface area (Å²) in [5.74, 6) is -1.10. The van der Waals surface area contributed by atoms with Crippen LogP contribution in [-0.2, 0) is 19.1 Å². The number of rotatable bonds is 3. The lowest BCUT2D eigenvalue weighted by atomic mass is 9.94. The van der Waals surface area contributed by atoms with Crippen molar-refractivity contribution < 1.29 is 24.2 Å². The van der Waals surface area contributed by atoms with E-state index in [4.69, 9.17) is 14.6 Å². The molecule has 0 bridgehead atoms. The maximum atomic E-state index is 12.3. The first kappa shape index (κ1) is 14.3. The van der Waals surface area contributed by atoms with E-state index in [9.17, 15) is 9.59 Å². The molecule has 1 unspecified atom stereocenters. The van der Waals surface area contributed by atoms with Gasteiger partial charge in [0.1, 0.15) is 6.10 Å². The highest BCUT2D eigenvalue weighted by Gasteiger charge is 2.40. The number of hydrogen-bond acceptors (Lipinski definition) is 4. The summed E-state index contributed by atoms with van der Waals surface area (Å²) in [7, 11) is 1.65. The monoisotopic (exact) mass is 271 g/mol. The predicted octanol–water partition coefficient (Wildman–Crippen LogP) is 0.646. The summed E-state index contributed by atoms with van der Waals surface area (Å²) in [5.41, 5.74) is -0.307. The van der Waals surface area contributed by atoms with Crippen LogP contribution < -0.4 is 0 Å². The minimum absolute atomic E-state index is 0.105. The fourth-order valence-electron chi connectivity index (χ4n) is 2.76. The Kier molecular flexibility index (Phi) is 4.10. The van der Waals surface area contributed by atoms with Gasteiger partial charge in [-0.1, -0.05) is 0 Å². The highest BCUT2D eigenvalue weighted by molar-refractivity contribution is 5.83. The van der Waals surface area contributed by atoms with Gasteiger partial charge in [0.25, 0.3) is 5.91 Å². The molecule has 2 heterocycles. The number of likely N-dealkylation sites (tertiary alicyclic amines) is 1. The second-order valence-corrected chi connectivity index (χ2v) is 5.55. The molecule has 19 heavy (non-hydrogen) atoms. The van der Waals surface area contributed by atoms with E-state index >= 15 is 0 Å². The molecule has 2 saturated heterocycles. The Balaban J connectivity index is 1.95. The van der Waals surface area contributed by atoms with E-state index in [1.165, 1.54) is 0 Å². The van der Waals surface area contributed by atoms with E-state index in [1.807, 2.05) is 6.92 Å². The summed E-state index contributed by atoms with van der Waals surface area (Å²) in [5, 5.41) is 8.87. The number of ether oxygens (including phenoxy) is 2. The summed E-state index contributed by atoms with van der Waals surface area (Å²) in [6.45, 7) is 3.22. The molecule has 2 rings (SSSR count). The van der Waals surface area contributed by atoms with Crippen LogP contribution in [0.1, 0.15) is 32.6 Å². The van der Waals surface area contributed by atoms with E-state index in [2.05, 4.69) is 0 Å². The van der Waals surface area contributed by atoms with Crippen molar-refractivity contribution in [2.75, 3.05) is 20.2 Å². The van der Waals surface area contributed by atoms with Crippen LogP contribution in [0.3, 0.4) is 0 Å². The summed E-state index contributed by atoms with van der Waals surface area (Å²) in [6.07, 6.45) is 1.26. The van der Waals surface area contributed by atoms with Crippen molar-refractivity contribution in [1.29, 1.82) is 0 Å². The molecule has 6 heteroatoms. The van der Waals surface area contributed by atoms with Crippen molar-refractivity contribution in [3.8, 4) is 0 Å². The predicted molar refractivity (Wildman–Crippen MR) is 66.8 cm³/mol. The molecule has 108 valence electrons. The van der Waals surface area contributed by atoms with Gasteiger partial charge in [0.15, 0.2) is 6.10 Å². The van der Waals surface area contributed by atoms with Crippen LogP contribution in [0.15, 0.2) is 0 Å². The average molecular weight is 271 g/mol. The highest BCUT2D eigenvalue weighted by Crippen LogP contribution is 2.27. The number of carboxylic acids is 1. The molecule has 0 aromatic carbocycles. The first-order valence-electron chi connectivity index (χ1n) is 6.67. The Morgan fingerprint density at radius 1 is 1.37 bits per heavy atom. The Labute approximate surface area is 112 Å². The molecule has 0 aromatic rings. The Morgan fingerprint density at radius 2 is 2.05 bits per heavy atom. The quantitative estimate of drug-likeness (QED) is 0.815. The van der Waals surface area contributed by atoms with E-state index in [1.54, 1.807) is 12.0 Å². The Morgan fingerprint density at radius 3 is 2.63 bits per heavy atom. The van der Waals surface area contributed by atoms with Crippen LogP contribution >= 0.6 is 0 Å². The van der Waals surface area contributed by atoms with Crippen LogP contribution in [0.25, 0.3) is 0 Å². The van der Waals surface area contributed by atoms with E-state index < -0.39 is 18.2 Å². The van der Waals surface area contributed by atoms with Crippen LogP contribution in [-0.4, -0.2) is 59.9 Å². The van der Waals surface area contributed by atoms with Crippen molar-refractivity contribution in [1.82, 2.24) is 4.90 Å². The van der Waals surface area contributed by atoms with Gasteiger partial charge in [0.2, 0.25) is 0 Å². The zero-order chi connectivity index (χ0) is 14.0. The third-order valence-corrected chi connectivity index (χ3v) is 4.03. The molecule has 2 aliphatic rings. The molecule has 2 aliphatic heterocycles. The van der Waals surface area contributed by atoms with Gasteiger partial charge in [-0.2, -0.15) is 0 Å². The lowest BCUT2D eigenvalue weighted by Crippen LogP contribution is -2.52. The second-order valence-electron chi connectivity index (χ2n) is 5.55. The molecule has 1 amide bonds. The van der Waals surface area contributed by atoms with Gasteiger partial charge >= 0.3 is 5.97 Å². The van der Waals surface area contributed by atoms with Crippen LogP contribution in [0, 0.1) is 0 Å². The molecule has 0 spiro atoms. The topological polar surface area (TPSA) is 76.1 Å². The number of nitrogens with zero attached hydrogens (tertiary/aromatic N) is 1. The number of piperidine rings is 1. The number of carbonyl (C=O) groups is 2. The van der Waals surface area contributed by atoms with Gasteiger partial charge in [0.05, 0.1) is 5.60 Å². The zero-order valence-corrected chi connectivity index (χ0v) is 11.4. The lowest BCUT2D eigenvalue weighted by Gasteiger charge is -2.40.